The summed E-state index contributed by atoms with van der Waals surface area (Å²) in [6.45, 7) is 2.92. The van der Waals surface area contributed by atoms with E-state index in [2.05, 4.69) is 12.0 Å². The van der Waals surface area contributed by atoms with Crippen LogP contribution < -0.4 is 0 Å². The van der Waals surface area contributed by atoms with E-state index in [0.29, 0.717) is 11.6 Å². The van der Waals surface area contributed by atoms with Crippen LogP contribution in [-0.2, 0) is 6.54 Å². The molecule has 0 saturated heterocycles. The third-order valence-electron chi connectivity index (χ3n) is 2.77. The number of hydrogen-bond acceptors (Lipinski definition) is 2. The first-order valence-electron chi connectivity index (χ1n) is 4.88. The third kappa shape index (κ3) is 1.39. The SMILES string of the molecule is CCn1nc(C=O)cc1C1CCC1. The van der Waals surface area contributed by atoms with Gasteiger partial charge in [0.05, 0.1) is 0 Å². The highest BCUT2D eigenvalue weighted by atomic mass is 16.1. The smallest absolute Gasteiger partial charge is 0.170 e. The van der Waals surface area contributed by atoms with Gasteiger partial charge in [0.1, 0.15) is 5.69 Å². The molecule has 0 aromatic carbocycles. The highest BCUT2D eigenvalue weighted by Gasteiger charge is 2.23. The number of aldehydes is 1. The van der Waals surface area contributed by atoms with E-state index in [0.717, 1.165) is 12.8 Å². The lowest BCUT2D eigenvalue weighted by atomic mass is 9.83. The molecule has 0 N–H and O–H groups in total. The molecule has 0 bridgehead atoms. The van der Waals surface area contributed by atoms with Crippen molar-refractivity contribution in [2.24, 2.45) is 0 Å². The Labute approximate surface area is 77.7 Å². The lowest BCUT2D eigenvalue weighted by Crippen LogP contribution is -2.14. The number of hydrogen-bond donors (Lipinski definition) is 0. The Morgan fingerprint density at radius 2 is 2.46 bits per heavy atom. The van der Waals surface area contributed by atoms with Gasteiger partial charge in [0, 0.05) is 18.2 Å². The Morgan fingerprint density at radius 1 is 1.69 bits per heavy atom. The van der Waals surface area contributed by atoms with Crippen LogP contribution in [0.5, 0.6) is 0 Å². The van der Waals surface area contributed by atoms with Crippen molar-refractivity contribution in [3.63, 3.8) is 0 Å². The maximum absolute atomic E-state index is 10.5. The molecule has 0 spiro atoms. The number of aryl methyl sites for hydroxylation is 1. The first-order chi connectivity index (χ1) is 6.35. The molecule has 3 nitrogen and oxygen atoms in total. The van der Waals surface area contributed by atoms with E-state index in [-0.39, 0.29) is 0 Å². The van der Waals surface area contributed by atoms with Crippen LogP contribution in [0.3, 0.4) is 0 Å². The highest BCUT2D eigenvalue weighted by molar-refractivity contribution is 5.71. The molecular weight excluding hydrogens is 164 g/mol. The van der Waals surface area contributed by atoms with Gasteiger partial charge in [0.15, 0.2) is 6.29 Å². The monoisotopic (exact) mass is 178 g/mol. The Hall–Kier alpha value is -1.12. The van der Waals surface area contributed by atoms with Crippen LogP contribution in [0.1, 0.15) is 48.3 Å². The predicted octanol–water partition coefficient (Wildman–Crippen LogP) is 1.98. The highest BCUT2D eigenvalue weighted by Crippen LogP contribution is 2.36. The van der Waals surface area contributed by atoms with E-state index in [1.54, 1.807) is 0 Å². The topological polar surface area (TPSA) is 34.9 Å². The van der Waals surface area contributed by atoms with E-state index < -0.39 is 0 Å². The molecular formula is C10H14N2O. The summed E-state index contributed by atoms with van der Waals surface area (Å²) in [5.41, 5.74) is 1.82. The molecule has 0 aliphatic heterocycles. The molecule has 1 aromatic rings. The minimum atomic E-state index is 0.573. The molecule has 1 saturated carbocycles. The van der Waals surface area contributed by atoms with E-state index in [1.807, 2.05) is 10.7 Å². The Kier molecular flexibility index (Phi) is 2.17. The van der Waals surface area contributed by atoms with Crippen LogP contribution >= 0.6 is 0 Å². The second-order valence-electron chi connectivity index (χ2n) is 3.56. The average molecular weight is 178 g/mol. The van der Waals surface area contributed by atoms with Crippen LogP contribution in [-0.4, -0.2) is 16.1 Å². The number of carbonyl (C=O) groups excluding carboxylic acids is 1. The molecule has 1 aromatic heterocycles. The third-order valence-corrected chi connectivity index (χ3v) is 2.77. The Morgan fingerprint density at radius 3 is 2.92 bits per heavy atom. The number of rotatable bonds is 3. The summed E-state index contributed by atoms with van der Waals surface area (Å²) < 4.78 is 1.95. The minimum Gasteiger partial charge on any atom is -0.296 e. The fourth-order valence-electron chi connectivity index (χ4n) is 1.80. The quantitative estimate of drug-likeness (QED) is 0.663. The van der Waals surface area contributed by atoms with Crippen molar-refractivity contribution in [2.45, 2.75) is 38.6 Å². The second-order valence-corrected chi connectivity index (χ2v) is 3.56. The summed E-state index contributed by atoms with van der Waals surface area (Å²) >= 11 is 0. The van der Waals surface area contributed by atoms with Gasteiger partial charge in [-0.15, -0.1) is 0 Å². The molecule has 1 aliphatic rings. The largest absolute Gasteiger partial charge is 0.296 e. The second kappa shape index (κ2) is 3.32. The summed E-state index contributed by atoms with van der Waals surface area (Å²) in [5.74, 6) is 0.654. The van der Waals surface area contributed by atoms with Crippen LogP contribution in [0.25, 0.3) is 0 Å². The molecule has 1 heterocycles. The number of nitrogens with zero attached hydrogens (tertiary/aromatic N) is 2. The summed E-state index contributed by atoms with van der Waals surface area (Å²) in [4.78, 5) is 10.5. The molecule has 1 fully saturated rings. The fraction of sp³-hybridized carbons (Fsp3) is 0.600. The van der Waals surface area contributed by atoms with Crippen molar-refractivity contribution in [3.05, 3.63) is 17.5 Å². The maximum atomic E-state index is 10.5. The molecule has 0 unspecified atom stereocenters. The molecule has 70 valence electrons. The van der Waals surface area contributed by atoms with Gasteiger partial charge in [-0.25, -0.2) is 0 Å². The van der Waals surface area contributed by atoms with Crippen molar-refractivity contribution in [2.75, 3.05) is 0 Å². The first kappa shape index (κ1) is 8.48. The molecule has 0 amide bonds. The first-order valence-corrected chi connectivity index (χ1v) is 4.88. The van der Waals surface area contributed by atoms with Gasteiger partial charge in [0.25, 0.3) is 0 Å². The van der Waals surface area contributed by atoms with E-state index >= 15 is 0 Å². The van der Waals surface area contributed by atoms with Crippen LogP contribution in [0.4, 0.5) is 0 Å². The van der Waals surface area contributed by atoms with E-state index in [9.17, 15) is 4.79 Å². The van der Waals surface area contributed by atoms with Crippen LogP contribution in [0.15, 0.2) is 6.07 Å². The standard InChI is InChI=1S/C10H14N2O/c1-2-12-10(8-4-3-5-8)6-9(7-13)11-12/h6-8H,2-5H2,1H3. The Bertz CT molecular complexity index is 313. The van der Waals surface area contributed by atoms with Crippen LogP contribution in [0.2, 0.25) is 0 Å². The number of aromatic nitrogens is 2. The van der Waals surface area contributed by atoms with Gasteiger partial charge in [-0.3, -0.25) is 9.48 Å². The van der Waals surface area contributed by atoms with Gasteiger partial charge in [-0.1, -0.05) is 6.42 Å². The molecule has 0 radical (unpaired) electrons. The van der Waals surface area contributed by atoms with E-state index in [4.69, 9.17) is 0 Å². The maximum Gasteiger partial charge on any atom is 0.170 e. The number of carbonyl (C=O) groups is 1. The fourth-order valence-corrected chi connectivity index (χ4v) is 1.80. The summed E-state index contributed by atoms with van der Waals surface area (Å²) in [7, 11) is 0. The summed E-state index contributed by atoms with van der Waals surface area (Å²) in [6, 6.07) is 1.93. The molecule has 3 heteroatoms. The van der Waals surface area contributed by atoms with Crippen LogP contribution in [0, 0.1) is 0 Å². The van der Waals surface area contributed by atoms with E-state index in [1.165, 1.54) is 25.0 Å². The summed E-state index contributed by atoms with van der Waals surface area (Å²) in [6.07, 6.45) is 4.65. The normalized spacial score (nSPS) is 17.0. The van der Waals surface area contributed by atoms with Gasteiger partial charge < -0.3 is 0 Å². The van der Waals surface area contributed by atoms with Crippen molar-refractivity contribution in [3.8, 4) is 0 Å². The van der Waals surface area contributed by atoms with Gasteiger partial charge in [-0.2, -0.15) is 5.10 Å². The molecule has 2 rings (SSSR count). The summed E-state index contributed by atoms with van der Waals surface area (Å²) in [5, 5.41) is 4.20. The molecule has 1 aliphatic carbocycles. The zero-order valence-corrected chi connectivity index (χ0v) is 7.86. The zero-order chi connectivity index (χ0) is 9.26. The molecule has 0 atom stereocenters. The van der Waals surface area contributed by atoms with Crippen molar-refractivity contribution in [1.29, 1.82) is 0 Å². The van der Waals surface area contributed by atoms with Gasteiger partial charge in [-0.05, 0) is 25.8 Å². The van der Waals surface area contributed by atoms with Gasteiger partial charge in [0.2, 0.25) is 0 Å². The lowest BCUT2D eigenvalue weighted by molar-refractivity contribution is 0.111. The minimum absolute atomic E-state index is 0.573. The van der Waals surface area contributed by atoms with Gasteiger partial charge >= 0.3 is 0 Å². The predicted molar refractivity (Wildman–Crippen MR) is 49.9 cm³/mol. The lowest BCUT2D eigenvalue weighted by Gasteiger charge is -2.25. The Balaban J connectivity index is 2.30. The van der Waals surface area contributed by atoms with Crippen molar-refractivity contribution in [1.82, 2.24) is 9.78 Å². The molecule has 13 heavy (non-hydrogen) atoms. The van der Waals surface area contributed by atoms with Crippen molar-refractivity contribution >= 4 is 6.29 Å². The van der Waals surface area contributed by atoms with Crippen molar-refractivity contribution < 1.29 is 4.79 Å². The zero-order valence-electron chi connectivity index (χ0n) is 7.86. The average Bonchev–Trinajstić information content (AvgIpc) is 2.45.